The lowest BCUT2D eigenvalue weighted by Crippen LogP contribution is -2.29. The van der Waals surface area contributed by atoms with Gasteiger partial charge in [-0.25, -0.2) is 14.6 Å². The Hall–Kier alpha value is -1.96. The molecule has 0 radical (unpaired) electrons. The van der Waals surface area contributed by atoms with Crippen molar-refractivity contribution in [1.29, 1.82) is 0 Å². The van der Waals surface area contributed by atoms with E-state index in [4.69, 9.17) is 19.7 Å². The van der Waals surface area contributed by atoms with E-state index in [9.17, 15) is 14.4 Å². The molecule has 2 N–H and O–H groups in total. The van der Waals surface area contributed by atoms with Gasteiger partial charge >= 0.3 is 18.1 Å². The molecule has 2 atom stereocenters. The lowest BCUT2D eigenvalue weighted by molar-refractivity contribution is -0.140. The van der Waals surface area contributed by atoms with Gasteiger partial charge in [-0.2, -0.15) is 0 Å². The number of ether oxygens (including phenoxy) is 2. The molecule has 3 rings (SSSR count). The van der Waals surface area contributed by atoms with Crippen molar-refractivity contribution in [2.75, 3.05) is 23.9 Å². The molecule has 1 aromatic carbocycles. The second kappa shape index (κ2) is 14.1. The molecule has 13 heteroatoms. The van der Waals surface area contributed by atoms with Gasteiger partial charge in [0, 0.05) is 23.3 Å². The molecule has 1 aromatic heterocycles. The summed E-state index contributed by atoms with van der Waals surface area (Å²) in [4.78, 5) is 43.2. The summed E-state index contributed by atoms with van der Waals surface area (Å²) in [5, 5.41) is 19.6. The van der Waals surface area contributed by atoms with Crippen LogP contribution < -0.4 is 4.74 Å². The summed E-state index contributed by atoms with van der Waals surface area (Å²) in [6.07, 6.45) is 1.91. The average Bonchev–Trinajstić information content (AvgIpc) is 3.49. The first-order chi connectivity index (χ1) is 18.4. The third-order valence-electron chi connectivity index (χ3n) is 6.15. The predicted octanol–water partition coefficient (Wildman–Crippen LogP) is 6.84. The number of nitrogens with zero attached hydrogens (tertiary/aromatic N) is 2. The molecular formula is C26H34N2O7S4. The van der Waals surface area contributed by atoms with Crippen LogP contribution in [0.3, 0.4) is 0 Å². The number of thioether (sulfide) groups is 1. The molecule has 9 nitrogen and oxygen atoms in total. The summed E-state index contributed by atoms with van der Waals surface area (Å²) in [6, 6.07) is 4.35. The number of hydrogen-bond acceptors (Lipinski definition) is 11. The van der Waals surface area contributed by atoms with Crippen molar-refractivity contribution in [3.63, 3.8) is 0 Å². The molecule has 2 aromatic rings. The van der Waals surface area contributed by atoms with Gasteiger partial charge in [-0.1, -0.05) is 49.3 Å². The summed E-state index contributed by atoms with van der Waals surface area (Å²) in [5.41, 5.74) is 0.524. The van der Waals surface area contributed by atoms with Crippen molar-refractivity contribution < 1.29 is 34.1 Å². The number of carbonyl (C=O) groups is 3. The molecule has 1 aliphatic heterocycles. The number of carboxylic acid groups (broad SMARTS) is 2. The Labute approximate surface area is 244 Å². The van der Waals surface area contributed by atoms with Gasteiger partial charge in [-0.15, -0.1) is 23.1 Å². The molecule has 0 aliphatic carbocycles. The Morgan fingerprint density at radius 1 is 1.18 bits per heavy atom. The number of aliphatic imine (C=N–C) groups is 1. The summed E-state index contributed by atoms with van der Waals surface area (Å²) in [6.45, 7) is 8.63. The average molecular weight is 615 g/mol. The van der Waals surface area contributed by atoms with Crippen LogP contribution in [0.5, 0.6) is 5.75 Å². The van der Waals surface area contributed by atoms with E-state index in [1.165, 1.54) is 23.1 Å². The Morgan fingerprint density at radius 2 is 1.95 bits per heavy atom. The molecule has 214 valence electrons. The van der Waals surface area contributed by atoms with Crippen molar-refractivity contribution in [2.24, 2.45) is 15.8 Å². The molecule has 0 spiro atoms. The van der Waals surface area contributed by atoms with Crippen molar-refractivity contribution in [3.8, 4) is 5.75 Å². The first-order valence-corrected chi connectivity index (χ1v) is 16.8. The zero-order valence-electron chi connectivity index (χ0n) is 22.4. The zero-order chi connectivity index (χ0) is 28.6. The zero-order valence-corrected chi connectivity index (χ0v) is 25.7. The molecular weight excluding hydrogens is 581 g/mol. The number of hydrogen-bond donors (Lipinski definition) is 2. The lowest BCUT2D eigenvalue weighted by Gasteiger charge is -2.36. The number of carboxylic acids is 2. The van der Waals surface area contributed by atoms with E-state index in [-0.39, 0.29) is 23.9 Å². The van der Waals surface area contributed by atoms with Crippen molar-refractivity contribution in [2.45, 2.75) is 59.4 Å². The number of benzene rings is 1. The van der Waals surface area contributed by atoms with Crippen LogP contribution in [-0.4, -0.2) is 68.2 Å². The minimum absolute atomic E-state index is 0.0567. The van der Waals surface area contributed by atoms with E-state index >= 15 is 0 Å². The second-order valence-electron chi connectivity index (χ2n) is 10.5. The highest BCUT2D eigenvalue weighted by molar-refractivity contribution is 8.76. The van der Waals surface area contributed by atoms with Crippen LogP contribution in [0, 0.1) is 10.8 Å². The maximum Gasteiger partial charge on any atom is 0.513 e. The monoisotopic (exact) mass is 614 g/mol. The maximum absolute atomic E-state index is 12.1. The molecule has 0 saturated heterocycles. The first kappa shape index (κ1) is 31.6. The predicted molar refractivity (Wildman–Crippen MR) is 161 cm³/mol. The van der Waals surface area contributed by atoms with Gasteiger partial charge in [0.15, 0.2) is 6.04 Å². The van der Waals surface area contributed by atoms with E-state index in [1.54, 1.807) is 39.8 Å². The minimum atomic E-state index is -0.946. The van der Waals surface area contributed by atoms with Gasteiger partial charge in [0.1, 0.15) is 15.8 Å². The van der Waals surface area contributed by atoms with Crippen LogP contribution in [0.25, 0.3) is 10.2 Å². The smallest absolute Gasteiger partial charge is 0.481 e. The van der Waals surface area contributed by atoms with E-state index in [0.29, 0.717) is 28.0 Å². The quantitative estimate of drug-likeness (QED) is 0.0945. The molecule has 0 fully saturated rings. The normalized spacial score (nSPS) is 17.0. The van der Waals surface area contributed by atoms with Gasteiger partial charge in [0.2, 0.25) is 0 Å². The molecule has 2 heterocycles. The first-order valence-electron chi connectivity index (χ1n) is 12.5. The number of rotatable bonds is 15. The number of aliphatic carboxylic acids is 2. The van der Waals surface area contributed by atoms with Crippen molar-refractivity contribution in [3.05, 3.63) is 23.2 Å². The Balaban J connectivity index is 1.37. The summed E-state index contributed by atoms with van der Waals surface area (Å²) < 4.78 is 11.3. The van der Waals surface area contributed by atoms with E-state index in [0.717, 1.165) is 34.6 Å². The van der Waals surface area contributed by atoms with Gasteiger partial charge < -0.3 is 19.7 Å². The number of thiazole rings is 1. The van der Waals surface area contributed by atoms with Gasteiger partial charge in [-0.3, -0.25) is 9.79 Å². The topological polar surface area (TPSA) is 135 Å². The fraction of sp³-hybridized carbons (Fsp3) is 0.577. The summed E-state index contributed by atoms with van der Waals surface area (Å²) in [7, 11) is 3.50. The van der Waals surface area contributed by atoms with Gasteiger partial charge in [0.25, 0.3) is 0 Å². The van der Waals surface area contributed by atoms with Crippen LogP contribution in [0.4, 0.5) is 4.79 Å². The van der Waals surface area contributed by atoms with Crippen LogP contribution in [0.1, 0.15) is 58.4 Å². The minimum Gasteiger partial charge on any atom is -0.481 e. The Bertz CT molecular complexity index is 1220. The van der Waals surface area contributed by atoms with E-state index in [2.05, 4.69) is 23.8 Å². The Kier molecular flexibility index (Phi) is 11.4. The van der Waals surface area contributed by atoms with E-state index in [1.807, 2.05) is 13.8 Å². The molecule has 0 saturated carbocycles. The van der Waals surface area contributed by atoms with Crippen LogP contribution >= 0.6 is 44.7 Å². The second-order valence-corrected chi connectivity index (χ2v) is 15.1. The SMILES string of the molecule is CCC(C)(CSSCCCOC(=O)Oc1ccc2nc(C3=N[C@@H](C(=O)O)CS3)sc2c1)CC(C)(C)CC(=O)O. The maximum atomic E-state index is 12.1. The Morgan fingerprint density at radius 3 is 2.62 bits per heavy atom. The van der Waals surface area contributed by atoms with Crippen molar-refractivity contribution >= 4 is 78.0 Å². The standard InChI is InChI=1S/C26H34N2O7S4/c1-5-26(4,14-25(2,3)12-20(29)30)15-38-37-10-6-9-34-24(33)35-16-7-8-17-19(11-16)39-22(27-17)21-28-18(13-36-21)23(31)32/h7-8,11,18H,5-6,9-10,12-15H2,1-4H3,(H,29,30)(H,31,32)/t18-,26?/m1/s1. The summed E-state index contributed by atoms with van der Waals surface area (Å²) in [5.74, 6) is 0.775. The highest BCUT2D eigenvalue weighted by Crippen LogP contribution is 2.43. The molecule has 39 heavy (non-hydrogen) atoms. The van der Waals surface area contributed by atoms with Crippen LogP contribution in [-0.2, 0) is 14.3 Å². The largest absolute Gasteiger partial charge is 0.513 e. The van der Waals surface area contributed by atoms with Crippen LogP contribution in [0.2, 0.25) is 0 Å². The number of fused-ring (bicyclic) bond motifs is 1. The van der Waals surface area contributed by atoms with E-state index < -0.39 is 24.1 Å². The fourth-order valence-electron chi connectivity index (χ4n) is 4.22. The third kappa shape index (κ3) is 9.87. The number of aromatic nitrogens is 1. The van der Waals surface area contributed by atoms with Gasteiger partial charge in [-0.05, 0) is 42.2 Å². The molecule has 0 bridgehead atoms. The number of carbonyl (C=O) groups excluding carboxylic acids is 1. The molecule has 1 aliphatic rings. The summed E-state index contributed by atoms with van der Waals surface area (Å²) >= 11 is 2.74. The third-order valence-corrected chi connectivity index (χ3v) is 11.2. The molecule has 0 amide bonds. The highest BCUT2D eigenvalue weighted by atomic mass is 33.1. The molecule has 1 unspecified atom stereocenters. The lowest BCUT2D eigenvalue weighted by atomic mass is 9.72. The van der Waals surface area contributed by atoms with Gasteiger partial charge in [0.05, 0.1) is 23.2 Å². The van der Waals surface area contributed by atoms with Crippen molar-refractivity contribution in [1.82, 2.24) is 4.98 Å². The highest BCUT2D eigenvalue weighted by Gasteiger charge is 2.33. The van der Waals surface area contributed by atoms with Crippen LogP contribution in [0.15, 0.2) is 23.2 Å². The fourth-order valence-corrected chi connectivity index (χ4v) is 9.15.